The first-order valence-corrected chi connectivity index (χ1v) is 6.92. The summed E-state index contributed by atoms with van der Waals surface area (Å²) < 4.78 is 1.83. The highest BCUT2D eigenvalue weighted by molar-refractivity contribution is 6.31. The van der Waals surface area contributed by atoms with Gasteiger partial charge in [0.1, 0.15) is 5.15 Å². The Labute approximate surface area is 118 Å². The summed E-state index contributed by atoms with van der Waals surface area (Å²) in [4.78, 5) is 0. The Balaban J connectivity index is 2.32. The van der Waals surface area contributed by atoms with Crippen molar-refractivity contribution in [2.24, 2.45) is 0 Å². The predicted molar refractivity (Wildman–Crippen MR) is 76.5 cm³/mol. The van der Waals surface area contributed by atoms with Crippen LogP contribution in [0.2, 0.25) is 5.15 Å². The highest BCUT2D eigenvalue weighted by Gasteiger charge is 2.14. The van der Waals surface area contributed by atoms with E-state index in [4.69, 9.17) is 23.2 Å². The van der Waals surface area contributed by atoms with Crippen molar-refractivity contribution >= 4 is 23.2 Å². The second-order valence-corrected chi connectivity index (χ2v) is 4.98. The molecular weight excluding hydrogens is 267 g/mol. The normalized spacial score (nSPS) is 10.9. The molecule has 0 radical (unpaired) electrons. The summed E-state index contributed by atoms with van der Waals surface area (Å²) in [6, 6.07) is 8.35. The third kappa shape index (κ3) is 2.70. The second kappa shape index (κ2) is 5.77. The molecule has 0 bridgehead atoms. The molecule has 0 fully saturated rings. The molecule has 18 heavy (non-hydrogen) atoms. The highest BCUT2D eigenvalue weighted by Crippen LogP contribution is 2.23. The Kier molecular flexibility index (Phi) is 4.31. The van der Waals surface area contributed by atoms with Crippen molar-refractivity contribution in [3.8, 4) is 0 Å². The molecule has 0 aliphatic heterocycles. The molecule has 1 aromatic heterocycles. The molecule has 0 amide bonds. The van der Waals surface area contributed by atoms with E-state index in [0.717, 1.165) is 17.7 Å². The van der Waals surface area contributed by atoms with Crippen molar-refractivity contribution in [2.45, 2.75) is 32.7 Å². The van der Waals surface area contributed by atoms with Gasteiger partial charge in [-0.15, -0.1) is 11.6 Å². The minimum Gasteiger partial charge on any atom is -0.249 e. The van der Waals surface area contributed by atoms with Gasteiger partial charge in [-0.25, -0.2) is 4.68 Å². The molecule has 1 heterocycles. The Morgan fingerprint density at radius 1 is 1.33 bits per heavy atom. The Morgan fingerprint density at radius 2 is 2.11 bits per heavy atom. The van der Waals surface area contributed by atoms with Gasteiger partial charge in [0.25, 0.3) is 0 Å². The first kappa shape index (κ1) is 13.4. The van der Waals surface area contributed by atoms with Crippen molar-refractivity contribution < 1.29 is 0 Å². The summed E-state index contributed by atoms with van der Waals surface area (Å²) in [5, 5.41) is 5.18. The maximum Gasteiger partial charge on any atom is 0.132 e. The average molecular weight is 283 g/mol. The lowest BCUT2D eigenvalue weighted by atomic mass is 10.1. The summed E-state index contributed by atoms with van der Waals surface area (Å²) in [5.74, 6) is 0.413. The van der Waals surface area contributed by atoms with Gasteiger partial charge in [0.2, 0.25) is 0 Å². The van der Waals surface area contributed by atoms with Crippen LogP contribution in [0.15, 0.2) is 24.3 Å². The van der Waals surface area contributed by atoms with Crippen molar-refractivity contribution in [3.05, 3.63) is 51.8 Å². The minimum atomic E-state index is 0.413. The molecule has 2 rings (SSSR count). The van der Waals surface area contributed by atoms with Crippen LogP contribution in [0, 0.1) is 6.92 Å². The van der Waals surface area contributed by atoms with Crippen molar-refractivity contribution in [1.82, 2.24) is 9.78 Å². The second-order valence-electron chi connectivity index (χ2n) is 4.35. The third-order valence-electron chi connectivity index (χ3n) is 2.95. The number of aryl methyl sites for hydroxylation is 2. The Hall–Kier alpha value is -0.990. The maximum absolute atomic E-state index is 6.31. The van der Waals surface area contributed by atoms with Crippen LogP contribution < -0.4 is 0 Å². The number of halogens is 2. The van der Waals surface area contributed by atoms with E-state index in [2.05, 4.69) is 37.1 Å². The molecule has 96 valence electrons. The quantitative estimate of drug-likeness (QED) is 0.769. The minimum absolute atomic E-state index is 0.413. The Morgan fingerprint density at radius 3 is 2.67 bits per heavy atom. The van der Waals surface area contributed by atoms with Gasteiger partial charge in [0, 0.05) is 5.56 Å². The van der Waals surface area contributed by atoms with Crippen LogP contribution in [0.25, 0.3) is 0 Å². The summed E-state index contributed by atoms with van der Waals surface area (Å²) in [6.45, 7) is 4.83. The number of nitrogens with zero attached hydrogens (tertiary/aromatic N) is 2. The largest absolute Gasteiger partial charge is 0.249 e. The number of aromatic nitrogens is 2. The molecule has 2 nitrogen and oxygen atoms in total. The SMILES string of the molecule is CCc1nn(Cc2cccc(C)c2)c(Cl)c1CCl. The number of hydrogen-bond acceptors (Lipinski definition) is 1. The van der Waals surface area contributed by atoms with E-state index in [9.17, 15) is 0 Å². The highest BCUT2D eigenvalue weighted by atomic mass is 35.5. The zero-order valence-corrected chi connectivity index (χ0v) is 12.1. The predicted octanol–water partition coefficient (Wildman–Crippen LogP) is 4.19. The summed E-state index contributed by atoms with van der Waals surface area (Å²) in [7, 11) is 0. The zero-order chi connectivity index (χ0) is 13.1. The van der Waals surface area contributed by atoms with E-state index in [1.165, 1.54) is 11.1 Å². The fraction of sp³-hybridized carbons (Fsp3) is 0.357. The first-order valence-electron chi connectivity index (χ1n) is 6.01. The van der Waals surface area contributed by atoms with Crippen LogP contribution in [-0.4, -0.2) is 9.78 Å². The van der Waals surface area contributed by atoms with Gasteiger partial charge in [-0.2, -0.15) is 5.10 Å². The fourth-order valence-corrected chi connectivity index (χ4v) is 2.65. The standard InChI is InChI=1S/C14H16Cl2N2/c1-3-13-12(8-15)14(16)18(17-13)9-11-6-4-5-10(2)7-11/h4-7H,3,8-9H2,1-2H3. The zero-order valence-electron chi connectivity index (χ0n) is 10.6. The van der Waals surface area contributed by atoms with E-state index >= 15 is 0 Å². The van der Waals surface area contributed by atoms with E-state index < -0.39 is 0 Å². The summed E-state index contributed by atoms with van der Waals surface area (Å²) in [6.07, 6.45) is 0.850. The lowest BCUT2D eigenvalue weighted by Gasteiger charge is -2.04. The lowest BCUT2D eigenvalue weighted by molar-refractivity contribution is 0.674. The van der Waals surface area contributed by atoms with E-state index in [0.29, 0.717) is 17.6 Å². The van der Waals surface area contributed by atoms with Crippen molar-refractivity contribution in [1.29, 1.82) is 0 Å². The molecule has 0 atom stereocenters. The monoisotopic (exact) mass is 282 g/mol. The van der Waals surface area contributed by atoms with E-state index in [1.807, 2.05) is 10.7 Å². The van der Waals surface area contributed by atoms with Crippen LogP contribution in [0.4, 0.5) is 0 Å². The smallest absolute Gasteiger partial charge is 0.132 e. The third-order valence-corrected chi connectivity index (χ3v) is 3.64. The van der Waals surface area contributed by atoms with E-state index in [-0.39, 0.29) is 0 Å². The molecule has 0 aliphatic carbocycles. The molecule has 1 aromatic carbocycles. The molecule has 0 aliphatic rings. The van der Waals surface area contributed by atoms with Crippen LogP contribution >= 0.6 is 23.2 Å². The van der Waals surface area contributed by atoms with Gasteiger partial charge in [-0.05, 0) is 18.9 Å². The maximum atomic E-state index is 6.31. The number of rotatable bonds is 4. The van der Waals surface area contributed by atoms with Gasteiger partial charge < -0.3 is 0 Å². The van der Waals surface area contributed by atoms with E-state index in [1.54, 1.807) is 0 Å². The number of benzene rings is 1. The number of hydrogen-bond donors (Lipinski definition) is 0. The van der Waals surface area contributed by atoms with Crippen molar-refractivity contribution in [2.75, 3.05) is 0 Å². The molecule has 0 saturated heterocycles. The molecule has 2 aromatic rings. The van der Waals surface area contributed by atoms with Gasteiger partial charge in [0.15, 0.2) is 0 Å². The molecule has 0 spiro atoms. The fourth-order valence-electron chi connectivity index (χ4n) is 2.03. The Bertz CT molecular complexity index is 547. The first-order chi connectivity index (χ1) is 8.65. The van der Waals surface area contributed by atoms with Crippen molar-refractivity contribution in [3.63, 3.8) is 0 Å². The summed E-state index contributed by atoms with van der Waals surface area (Å²) in [5.41, 5.74) is 4.38. The number of alkyl halides is 1. The van der Waals surface area contributed by atoms with Gasteiger partial charge in [-0.3, -0.25) is 0 Å². The van der Waals surface area contributed by atoms with Crippen LogP contribution in [0.5, 0.6) is 0 Å². The molecule has 0 saturated carbocycles. The van der Waals surface area contributed by atoms with Crippen LogP contribution in [0.1, 0.15) is 29.3 Å². The summed E-state index contributed by atoms with van der Waals surface area (Å²) >= 11 is 12.2. The van der Waals surface area contributed by atoms with Gasteiger partial charge in [-0.1, -0.05) is 48.4 Å². The van der Waals surface area contributed by atoms with Gasteiger partial charge >= 0.3 is 0 Å². The van der Waals surface area contributed by atoms with Crippen LogP contribution in [0.3, 0.4) is 0 Å². The molecule has 4 heteroatoms. The lowest BCUT2D eigenvalue weighted by Crippen LogP contribution is -2.02. The molecule has 0 unspecified atom stereocenters. The molecule has 0 N–H and O–H groups in total. The molecular formula is C14H16Cl2N2. The van der Waals surface area contributed by atoms with Gasteiger partial charge in [0.05, 0.1) is 18.1 Å². The topological polar surface area (TPSA) is 17.8 Å². The average Bonchev–Trinajstić information content (AvgIpc) is 2.66. The van der Waals surface area contributed by atoms with Crippen LogP contribution in [-0.2, 0) is 18.8 Å².